The topological polar surface area (TPSA) is 55.2 Å². The first-order valence-corrected chi connectivity index (χ1v) is 13.7. The Morgan fingerprint density at radius 2 is 1.71 bits per heavy atom. The van der Waals surface area contributed by atoms with Gasteiger partial charge >= 0.3 is 0 Å². The van der Waals surface area contributed by atoms with Gasteiger partial charge in [0, 0.05) is 52.6 Å². The number of anilines is 2. The van der Waals surface area contributed by atoms with Gasteiger partial charge in [0.2, 0.25) is 0 Å². The Labute approximate surface area is 206 Å². The smallest absolute Gasteiger partial charge is 0.268 e. The van der Waals surface area contributed by atoms with Crippen LogP contribution in [0.3, 0.4) is 0 Å². The van der Waals surface area contributed by atoms with E-state index in [4.69, 9.17) is 0 Å². The van der Waals surface area contributed by atoms with Gasteiger partial charge in [-0.15, -0.1) is 0 Å². The number of halogens is 1. The maximum absolute atomic E-state index is 15.7. The predicted octanol–water partition coefficient (Wildman–Crippen LogP) is 6.35. The molecule has 0 saturated heterocycles. The van der Waals surface area contributed by atoms with Crippen LogP contribution in [0.4, 0.5) is 15.1 Å². The molecule has 3 aromatic carbocycles. The van der Waals surface area contributed by atoms with Crippen LogP contribution in [-0.2, 0) is 16.4 Å². The zero-order valence-corrected chi connectivity index (χ0v) is 20.2. The lowest BCUT2D eigenvalue weighted by atomic mass is 9.95. The number of para-hydroxylation sites is 1. The van der Waals surface area contributed by atoms with Gasteiger partial charge in [0.1, 0.15) is 10.8 Å². The van der Waals surface area contributed by atoms with Crippen LogP contribution in [-0.4, -0.2) is 22.8 Å². The molecular weight excluding hydrogens is 481 g/mol. The van der Waals surface area contributed by atoms with Gasteiger partial charge < -0.3 is 4.90 Å². The molecule has 1 fully saturated rings. The average Bonchev–Trinajstić information content (AvgIpc) is 3.47. The second-order valence-corrected chi connectivity index (χ2v) is 11.7. The molecule has 3 heterocycles. The lowest BCUT2D eigenvalue weighted by Gasteiger charge is -2.31. The highest BCUT2D eigenvalue weighted by Crippen LogP contribution is 2.49. The number of benzene rings is 3. The number of fused-ring (bicyclic) bond motifs is 3. The molecule has 7 rings (SSSR count). The molecule has 174 valence electrons. The molecule has 8 heteroatoms. The third-order valence-corrected chi connectivity index (χ3v) is 9.36. The summed E-state index contributed by atoms with van der Waals surface area (Å²) in [7, 11) is -3.85. The zero-order chi connectivity index (χ0) is 23.7. The van der Waals surface area contributed by atoms with E-state index in [2.05, 4.69) is 9.27 Å². The molecule has 0 radical (unpaired) electrons. The summed E-state index contributed by atoms with van der Waals surface area (Å²) in [6.45, 7) is 0. The second kappa shape index (κ2) is 7.50. The third kappa shape index (κ3) is 3.17. The fourth-order valence-electron chi connectivity index (χ4n) is 5.03. The van der Waals surface area contributed by atoms with Crippen LogP contribution in [0.25, 0.3) is 22.0 Å². The van der Waals surface area contributed by atoms with Crippen LogP contribution in [0, 0.1) is 5.82 Å². The van der Waals surface area contributed by atoms with Crippen LogP contribution in [0.1, 0.15) is 24.0 Å². The first-order valence-electron chi connectivity index (χ1n) is 11.5. The Morgan fingerprint density at radius 3 is 2.51 bits per heavy atom. The Balaban J connectivity index is 1.44. The largest absolute Gasteiger partial charge is 0.328 e. The van der Waals surface area contributed by atoms with Crippen LogP contribution in [0.15, 0.2) is 84.0 Å². The fourth-order valence-corrected chi connectivity index (χ4v) is 7.28. The summed E-state index contributed by atoms with van der Waals surface area (Å²) in [5, 5.41) is 1.82. The molecule has 1 aliphatic heterocycles. The van der Waals surface area contributed by atoms with Crippen molar-refractivity contribution in [3.8, 4) is 11.1 Å². The van der Waals surface area contributed by atoms with Crippen molar-refractivity contribution in [3.05, 3.63) is 96.1 Å². The van der Waals surface area contributed by atoms with Crippen molar-refractivity contribution in [2.45, 2.75) is 30.2 Å². The monoisotopic (exact) mass is 501 g/mol. The van der Waals surface area contributed by atoms with E-state index in [0.717, 1.165) is 34.7 Å². The Hall–Kier alpha value is -3.49. The fraction of sp³-hybridized carbons (Fsp3) is 0.148. The van der Waals surface area contributed by atoms with Gasteiger partial charge in [0.05, 0.1) is 10.4 Å². The van der Waals surface area contributed by atoms with Crippen molar-refractivity contribution in [2.75, 3.05) is 4.90 Å². The first kappa shape index (κ1) is 20.8. The molecule has 0 atom stereocenters. The maximum Gasteiger partial charge on any atom is 0.268 e. The average molecular weight is 502 g/mol. The molecule has 2 aromatic heterocycles. The maximum atomic E-state index is 15.7. The van der Waals surface area contributed by atoms with Crippen molar-refractivity contribution < 1.29 is 12.8 Å². The molecule has 0 spiro atoms. The number of nitrogens with zero attached hydrogens (tertiary/aromatic N) is 3. The number of rotatable bonds is 4. The summed E-state index contributed by atoms with van der Waals surface area (Å²) in [4.78, 5) is 2.49. The second-order valence-electron chi connectivity index (χ2n) is 9.07. The Kier molecular flexibility index (Phi) is 4.47. The highest BCUT2D eigenvalue weighted by Gasteiger charge is 2.37. The van der Waals surface area contributed by atoms with E-state index in [9.17, 15) is 8.42 Å². The van der Waals surface area contributed by atoms with Gasteiger partial charge in [-0.25, -0.2) is 16.8 Å². The van der Waals surface area contributed by atoms with Gasteiger partial charge in [-0.1, -0.05) is 36.4 Å². The minimum atomic E-state index is -3.85. The summed E-state index contributed by atoms with van der Waals surface area (Å²) in [6, 6.07) is 19.5. The quantitative estimate of drug-likeness (QED) is 0.288. The molecule has 1 saturated carbocycles. The van der Waals surface area contributed by atoms with E-state index in [-0.39, 0.29) is 10.7 Å². The molecular formula is C27H20FN3O2S2. The van der Waals surface area contributed by atoms with Crippen molar-refractivity contribution >= 4 is 43.1 Å². The minimum absolute atomic E-state index is 0.191. The summed E-state index contributed by atoms with van der Waals surface area (Å²) in [6.07, 6.45) is 6.27. The Bertz CT molecular complexity index is 1720. The summed E-state index contributed by atoms with van der Waals surface area (Å²) in [5.41, 5.74) is 4.54. The van der Waals surface area contributed by atoms with Gasteiger partial charge in [-0.3, -0.25) is 0 Å². The van der Waals surface area contributed by atoms with Crippen LogP contribution in [0.5, 0.6) is 0 Å². The third-order valence-electron chi connectivity index (χ3n) is 6.83. The molecule has 5 nitrogen and oxygen atoms in total. The molecule has 5 aromatic rings. The summed E-state index contributed by atoms with van der Waals surface area (Å²) < 4.78 is 48.4. The van der Waals surface area contributed by atoms with E-state index in [1.807, 2.05) is 24.4 Å². The zero-order valence-electron chi connectivity index (χ0n) is 18.6. The molecule has 35 heavy (non-hydrogen) atoms. The Morgan fingerprint density at radius 1 is 0.943 bits per heavy atom. The van der Waals surface area contributed by atoms with Gasteiger partial charge in [-0.2, -0.15) is 4.37 Å². The first-order chi connectivity index (χ1) is 17.0. The van der Waals surface area contributed by atoms with Crippen LogP contribution >= 0.6 is 11.5 Å². The lowest BCUT2D eigenvalue weighted by molar-refractivity contribution is 0.589. The van der Waals surface area contributed by atoms with E-state index < -0.39 is 10.0 Å². The van der Waals surface area contributed by atoms with Crippen molar-refractivity contribution in [1.29, 1.82) is 0 Å². The standard InChI is InChI=1S/C27H20FN3O2S2/c28-24-13-17-12-18-15-29-34-27(18)31(19-10-11-19)26(17)14-22(24)23-16-30(25-9-5-4-8-21(23)25)35(32,33)20-6-2-1-3-7-20/h1-9,13-16,19H,10-12H2. The SMILES string of the molecule is O=S(=O)(c1ccccc1)n1cc(-c2cc3c(cc2F)Cc2cnsc2N3C2CC2)c2ccccc21. The lowest BCUT2D eigenvalue weighted by Crippen LogP contribution is -2.24. The molecule has 1 aliphatic carbocycles. The minimum Gasteiger partial charge on any atom is -0.328 e. The van der Waals surface area contributed by atoms with Crippen molar-refractivity contribution in [2.24, 2.45) is 0 Å². The van der Waals surface area contributed by atoms with Crippen LogP contribution in [0.2, 0.25) is 0 Å². The van der Waals surface area contributed by atoms with Gasteiger partial charge in [0.15, 0.2) is 0 Å². The number of aromatic nitrogens is 2. The van der Waals surface area contributed by atoms with Crippen molar-refractivity contribution in [1.82, 2.24) is 8.35 Å². The number of hydrogen-bond donors (Lipinski definition) is 0. The molecule has 0 bridgehead atoms. The van der Waals surface area contributed by atoms with E-state index in [1.54, 1.807) is 54.7 Å². The molecule has 2 aliphatic rings. The van der Waals surface area contributed by atoms with Crippen molar-refractivity contribution in [3.63, 3.8) is 0 Å². The highest BCUT2D eigenvalue weighted by atomic mass is 32.2. The van der Waals surface area contributed by atoms with E-state index >= 15 is 4.39 Å². The predicted molar refractivity (Wildman–Crippen MR) is 136 cm³/mol. The molecule has 0 unspecified atom stereocenters. The van der Waals surface area contributed by atoms with E-state index in [1.165, 1.54) is 15.5 Å². The summed E-state index contributed by atoms with van der Waals surface area (Å²) in [5.74, 6) is -0.355. The highest BCUT2D eigenvalue weighted by molar-refractivity contribution is 7.90. The molecule has 0 amide bonds. The van der Waals surface area contributed by atoms with Gasteiger partial charge in [-0.05, 0) is 60.3 Å². The normalized spacial score (nSPS) is 15.3. The summed E-state index contributed by atoms with van der Waals surface area (Å²) >= 11 is 1.48. The molecule has 0 N–H and O–H groups in total. The van der Waals surface area contributed by atoms with Gasteiger partial charge in [0.25, 0.3) is 10.0 Å². The van der Waals surface area contributed by atoms with Crippen LogP contribution < -0.4 is 4.90 Å². The number of hydrogen-bond acceptors (Lipinski definition) is 5. The van der Waals surface area contributed by atoms with E-state index in [0.29, 0.717) is 34.5 Å².